The Morgan fingerprint density at radius 1 is 1.19 bits per heavy atom. The van der Waals surface area contributed by atoms with Gasteiger partial charge in [-0.1, -0.05) is 44.2 Å². The molecule has 0 aromatic heterocycles. The van der Waals surface area contributed by atoms with Crippen LogP contribution in [-0.2, 0) is 14.4 Å². The van der Waals surface area contributed by atoms with Gasteiger partial charge in [0.15, 0.2) is 5.78 Å². The Morgan fingerprint density at radius 2 is 1.81 bits per heavy atom. The van der Waals surface area contributed by atoms with E-state index in [-0.39, 0.29) is 57.8 Å². The van der Waals surface area contributed by atoms with Gasteiger partial charge in [-0.15, -0.1) is 11.8 Å². The van der Waals surface area contributed by atoms with Gasteiger partial charge in [0.2, 0.25) is 5.91 Å². The first kappa shape index (κ1) is 19.2. The second-order valence-corrected chi connectivity index (χ2v) is 10.1. The Morgan fingerprint density at radius 3 is 2.35 bits per heavy atom. The zero-order chi connectivity index (χ0) is 19.2. The van der Waals surface area contributed by atoms with Crippen molar-refractivity contribution in [2.75, 3.05) is 0 Å². The molecule has 1 unspecified atom stereocenters. The number of hydrogen-bond acceptors (Lipinski definition) is 4. The first-order chi connectivity index (χ1) is 12.1. The lowest BCUT2D eigenvalue weighted by atomic mass is 9.79. The fraction of sp³-hybridized carbons (Fsp3) is 0.571. The molecule has 0 radical (unpaired) electrons. The number of nitrogens with zero attached hydrogens (tertiary/aromatic N) is 1. The van der Waals surface area contributed by atoms with Crippen LogP contribution in [0.2, 0.25) is 0 Å². The molecule has 2 aliphatic heterocycles. The van der Waals surface area contributed by atoms with Crippen molar-refractivity contribution >= 4 is 29.2 Å². The number of thioether (sulfide) groups is 1. The van der Waals surface area contributed by atoms with E-state index < -0.39 is 0 Å². The molecule has 2 saturated heterocycles. The van der Waals surface area contributed by atoms with Crippen molar-refractivity contribution in [3.8, 4) is 0 Å². The first-order valence-corrected chi connectivity index (χ1v) is 10.1. The number of hydrogen-bond donors (Lipinski definition) is 0. The molecule has 140 valence electrons. The van der Waals surface area contributed by atoms with Crippen molar-refractivity contribution in [1.29, 1.82) is 0 Å². The van der Waals surface area contributed by atoms with Crippen LogP contribution in [0.1, 0.15) is 52.5 Å². The number of Topliss-reactive ketones (excluding diaryl/α,β-unsaturated/α-hetero) is 2. The molecule has 0 bridgehead atoms. The van der Waals surface area contributed by atoms with Crippen LogP contribution in [0.25, 0.3) is 0 Å². The minimum absolute atomic E-state index is 0.0208. The number of rotatable bonds is 6. The maximum Gasteiger partial charge on any atom is 0.230 e. The number of benzene rings is 1. The van der Waals surface area contributed by atoms with Gasteiger partial charge >= 0.3 is 0 Å². The van der Waals surface area contributed by atoms with Crippen LogP contribution in [0.4, 0.5) is 0 Å². The summed E-state index contributed by atoms with van der Waals surface area (Å²) < 4.78 is -0.305. The second kappa shape index (κ2) is 6.84. The molecule has 3 rings (SSSR count). The molecular formula is C21H27NO3S. The molecule has 2 fully saturated rings. The second-order valence-electron chi connectivity index (χ2n) is 8.28. The number of ketones is 2. The van der Waals surface area contributed by atoms with Crippen LogP contribution in [0.3, 0.4) is 0 Å². The van der Waals surface area contributed by atoms with Gasteiger partial charge in [-0.3, -0.25) is 14.4 Å². The third kappa shape index (κ3) is 3.11. The molecule has 0 saturated carbocycles. The fourth-order valence-corrected chi connectivity index (χ4v) is 6.24. The highest BCUT2D eigenvalue weighted by molar-refractivity contribution is 8.01. The third-order valence-corrected chi connectivity index (χ3v) is 7.16. The lowest BCUT2D eigenvalue weighted by Crippen LogP contribution is -2.62. The molecule has 4 nitrogen and oxygen atoms in total. The normalized spacial score (nSPS) is 27.8. The molecule has 4 atom stereocenters. The average Bonchev–Trinajstić information content (AvgIpc) is 2.82. The molecule has 1 amide bonds. The first-order valence-electron chi connectivity index (χ1n) is 9.23. The van der Waals surface area contributed by atoms with Gasteiger partial charge in [-0.25, -0.2) is 0 Å². The van der Waals surface area contributed by atoms with Gasteiger partial charge in [-0.2, -0.15) is 0 Å². The Labute approximate surface area is 159 Å². The summed E-state index contributed by atoms with van der Waals surface area (Å²) in [6, 6.07) is 9.42. The molecule has 0 N–H and O–H groups in total. The summed E-state index contributed by atoms with van der Waals surface area (Å²) in [4.78, 5) is 39.5. The van der Waals surface area contributed by atoms with Gasteiger partial charge in [0.1, 0.15) is 11.8 Å². The predicted molar refractivity (Wildman–Crippen MR) is 104 cm³/mol. The quantitative estimate of drug-likeness (QED) is 0.714. The van der Waals surface area contributed by atoms with E-state index in [1.54, 1.807) is 23.6 Å². The largest absolute Gasteiger partial charge is 0.318 e. The van der Waals surface area contributed by atoms with E-state index in [1.165, 1.54) is 0 Å². The highest BCUT2D eigenvalue weighted by atomic mass is 32.2. The Bertz CT molecular complexity index is 728. The Balaban J connectivity index is 1.77. The fourth-order valence-electron chi connectivity index (χ4n) is 4.49. The van der Waals surface area contributed by atoms with E-state index in [1.807, 2.05) is 58.0 Å². The third-order valence-electron chi connectivity index (χ3n) is 5.53. The average molecular weight is 374 g/mol. The smallest absolute Gasteiger partial charge is 0.230 e. The topological polar surface area (TPSA) is 54.5 Å². The van der Waals surface area contributed by atoms with Crippen molar-refractivity contribution in [1.82, 2.24) is 4.90 Å². The number of carbonyl (C=O) groups excluding carboxylic acids is 3. The standard InChI is InChI=1S/C21H27NO3S/c1-12(2)17(14-9-7-6-8-10-14)16(24)11-15-19(25)22-18(13(3)23)21(4,5)26-20(15)22/h6-10,12,15,17-18,20H,11H2,1-5H3/t15-,17-,18+,20?/m1/s1. The van der Waals surface area contributed by atoms with Gasteiger partial charge < -0.3 is 4.90 Å². The van der Waals surface area contributed by atoms with E-state index >= 15 is 0 Å². The maximum atomic E-state index is 13.1. The SMILES string of the molecule is CC(=O)[C@@H]1N2C(=O)[C@@H](CC(=O)[C@@H](c3ccccc3)C(C)C)C2SC1(C)C. The Hall–Kier alpha value is -1.62. The van der Waals surface area contributed by atoms with Crippen molar-refractivity contribution < 1.29 is 14.4 Å². The van der Waals surface area contributed by atoms with E-state index in [9.17, 15) is 14.4 Å². The molecule has 5 heteroatoms. The van der Waals surface area contributed by atoms with E-state index in [0.29, 0.717) is 0 Å². The molecule has 2 heterocycles. The van der Waals surface area contributed by atoms with Gasteiger partial charge in [-0.05, 0) is 32.3 Å². The number of fused-ring (bicyclic) bond motifs is 1. The van der Waals surface area contributed by atoms with Crippen molar-refractivity contribution in [3.05, 3.63) is 35.9 Å². The van der Waals surface area contributed by atoms with E-state index in [4.69, 9.17) is 0 Å². The summed E-state index contributed by atoms with van der Waals surface area (Å²) >= 11 is 1.66. The van der Waals surface area contributed by atoms with Crippen molar-refractivity contribution in [3.63, 3.8) is 0 Å². The zero-order valence-corrected chi connectivity index (χ0v) is 16.9. The van der Waals surface area contributed by atoms with Gasteiger partial charge in [0, 0.05) is 17.1 Å². The number of amides is 1. The van der Waals surface area contributed by atoms with Crippen LogP contribution < -0.4 is 0 Å². The van der Waals surface area contributed by atoms with Crippen LogP contribution in [0, 0.1) is 11.8 Å². The summed E-state index contributed by atoms with van der Waals surface area (Å²) in [5, 5.41) is -0.0565. The highest BCUT2D eigenvalue weighted by Gasteiger charge is 2.62. The highest BCUT2D eigenvalue weighted by Crippen LogP contribution is 2.54. The molecule has 2 aliphatic rings. The molecule has 0 aliphatic carbocycles. The number of carbonyl (C=O) groups is 3. The molecule has 1 aromatic rings. The summed E-state index contributed by atoms with van der Waals surface area (Å²) in [6.07, 6.45) is 0.255. The summed E-state index contributed by atoms with van der Waals surface area (Å²) in [7, 11) is 0. The molecular weight excluding hydrogens is 346 g/mol. The Kier molecular flexibility index (Phi) is 5.04. The van der Waals surface area contributed by atoms with Crippen LogP contribution in [0.5, 0.6) is 0 Å². The lowest BCUT2D eigenvalue weighted by Gasteiger charge is -2.44. The van der Waals surface area contributed by atoms with Crippen molar-refractivity contribution in [2.45, 2.75) is 63.1 Å². The molecule has 26 heavy (non-hydrogen) atoms. The van der Waals surface area contributed by atoms with Crippen LogP contribution in [-0.4, -0.2) is 38.5 Å². The minimum atomic E-state index is -0.383. The monoisotopic (exact) mass is 373 g/mol. The van der Waals surface area contributed by atoms with Crippen molar-refractivity contribution in [2.24, 2.45) is 11.8 Å². The number of β-lactam (4-membered cyclic amide) rings is 1. The summed E-state index contributed by atoms with van der Waals surface area (Å²) in [6.45, 7) is 9.66. The maximum absolute atomic E-state index is 13.1. The predicted octanol–water partition coefficient (Wildman–Crippen LogP) is 3.65. The minimum Gasteiger partial charge on any atom is -0.318 e. The van der Waals surface area contributed by atoms with Gasteiger partial charge in [0.25, 0.3) is 0 Å². The van der Waals surface area contributed by atoms with Crippen LogP contribution in [0.15, 0.2) is 30.3 Å². The zero-order valence-electron chi connectivity index (χ0n) is 16.1. The van der Waals surface area contributed by atoms with E-state index in [2.05, 4.69) is 0 Å². The summed E-state index contributed by atoms with van der Waals surface area (Å²) in [5.41, 5.74) is 1.01. The lowest BCUT2D eigenvalue weighted by molar-refractivity contribution is -0.158. The van der Waals surface area contributed by atoms with E-state index in [0.717, 1.165) is 5.56 Å². The molecule has 0 spiro atoms. The van der Waals surface area contributed by atoms with Gasteiger partial charge in [0.05, 0.1) is 11.3 Å². The van der Waals surface area contributed by atoms with Crippen LogP contribution >= 0.6 is 11.8 Å². The molecule has 1 aromatic carbocycles. The summed E-state index contributed by atoms with van der Waals surface area (Å²) in [5.74, 6) is -0.227.